The molecule has 0 radical (unpaired) electrons. The Hall–Kier alpha value is -2.47. The molecule has 1 amide bonds. The second-order valence-corrected chi connectivity index (χ2v) is 9.44. The fraction of sp³-hybridized carbons (Fsp3) is 0.409. The molecule has 1 aliphatic carbocycles. The number of thiazole rings is 1. The number of aliphatic carboxylic acids is 1. The van der Waals surface area contributed by atoms with Crippen LogP contribution in [0.15, 0.2) is 36.4 Å². The zero-order valence-electron chi connectivity index (χ0n) is 16.7. The van der Waals surface area contributed by atoms with E-state index in [9.17, 15) is 14.7 Å². The molecule has 0 bridgehead atoms. The number of aryl methyl sites for hydroxylation is 1. The summed E-state index contributed by atoms with van der Waals surface area (Å²) >= 11 is 1.41. The molecule has 2 unspecified atom stereocenters. The van der Waals surface area contributed by atoms with Gasteiger partial charge in [-0.05, 0) is 30.7 Å². The highest BCUT2D eigenvalue weighted by atomic mass is 32.1. The maximum absolute atomic E-state index is 12.7. The number of benzene rings is 1. The van der Waals surface area contributed by atoms with Gasteiger partial charge in [0.2, 0.25) is 5.91 Å². The Kier molecular flexibility index (Phi) is 5.70. The Balaban J connectivity index is 1.78. The Morgan fingerprint density at radius 1 is 1.11 bits per heavy atom. The fourth-order valence-electron chi connectivity index (χ4n) is 3.42. The summed E-state index contributed by atoms with van der Waals surface area (Å²) in [6, 6.07) is 8.33. The van der Waals surface area contributed by atoms with E-state index in [1.165, 1.54) is 16.9 Å². The number of nitrogens with zero attached hydrogens (tertiary/aromatic N) is 1. The van der Waals surface area contributed by atoms with Gasteiger partial charge in [0.05, 0.1) is 17.5 Å². The van der Waals surface area contributed by atoms with Crippen LogP contribution in [0.1, 0.15) is 44.1 Å². The number of carbonyl (C=O) groups is 2. The summed E-state index contributed by atoms with van der Waals surface area (Å²) in [5.74, 6) is -2.46. The minimum Gasteiger partial charge on any atom is -0.481 e. The van der Waals surface area contributed by atoms with Crippen molar-refractivity contribution in [3.8, 4) is 11.3 Å². The number of nitrogens with one attached hydrogen (secondary N) is 1. The zero-order chi connectivity index (χ0) is 20.5. The number of rotatable bonds is 4. The van der Waals surface area contributed by atoms with Gasteiger partial charge in [-0.15, -0.1) is 11.3 Å². The van der Waals surface area contributed by atoms with Gasteiger partial charge in [0.1, 0.15) is 0 Å². The van der Waals surface area contributed by atoms with E-state index < -0.39 is 17.8 Å². The van der Waals surface area contributed by atoms with E-state index >= 15 is 0 Å². The van der Waals surface area contributed by atoms with E-state index in [0.717, 1.165) is 16.1 Å². The lowest BCUT2D eigenvalue weighted by Crippen LogP contribution is -2.34. The first kappa shape index (κ1) is 20.3. The second-order valence-electron chi connectivity index (χ2n) is 8.23. The summed E-state index contributed by atoms with van der Waals surface area (Å²) in [5, 5.41) is 12.7. The zero-order valence-corrected chi connectivity index (χ0v) is 17.5. The van der Waals surface area contributed by atoms with Gasteiger partial charge in [-0.2, -0.15) is 0 Å². The summed E-state index contributed by atoms with van der Waals surface area (Å²) < 4.78 is 0. The molecule has 0 saturated carbocycles. The molecular formula is C22H26N2O3S. The van der Waals surface area contributed by atoms with E-state index in [4.69, 9.17) is 0 Å². The molecule has 0 saturated heterocycles. The van der Waals surface area contributed by atoms with Gasteiger partial charge in [0.15, 0.2) is 5.13 Å². The number of hydrogen-bond acceptors (Lipinski definition) is 4. The van der Waals surface area contributed by atoms with Gasteiger partial charge in [-0.25, -0.2) is 4.98 Å². The molecule has 28 heavy (non-hydrogen) atoms. The van der Waals surface area contributed by atoms with Crippen LogP contribution >= 0.6 is 11.3 Å². The summed E-state index contributed by atoms with van der Waals surface area (Å²) in [6.07, 6.45) is 4.53. The standard InChI is InChI=1S/C22H26N2O3S/c1-13-18(14-9-11-15(12-10-14)22(2,3)4)23-21(28-13)24-19(25)16-7-5-6-8-17(16)20(26)27/h5-6,9-12,16-17H,7-8H2,1-4H3,(H,26,27)(H,23,24,25). The largest absolute Gasteiger partial charge is 0.481 e. The SMILES string of the molecule is Cc1sc(NC(=O)C2CC=CCC2C(=O)O)nc1-c1ccc(C(C)(C)C)cc1. The van der Waals surface area contributed by atoms with Crippen molar-refractivity contribution in [1.82, 2.24) is 4.98 Å². The van der Waals surface area contributed by atoms with Crippen molar-refractivity contribution in [2.24, 2.45) is 11.8 Å². The lowest BCUT2D eigenvalue weighted by atomic mass is 9.82. The average Bonchev–Trinajstić information content (AvgIpc) is 3.01. The first-order chi connectivity index (χ1) is 13.2. The van der Waals surface area contributed by atoms with Gasteiger partial charge in [-0.3, -0.25) is 9.59 Å². The lowest BCUT2D eigenvalue weighted by molar-refractivity contribution is -0.146. The van der Waals surface area contributed by atoms with Crippen LogP contribution in [-0.4, -0.2) is 22.0 Å². The van der Waals surface area contributed by atoms with Gasteiger partial charge in [-0.1, -0.05) is 57.2 Å². The van der Waals surface area contributed by atoms with Crippen LogP contribution in [0, 0.1) is 18.8 Å². The van der Waals surface area contributed by atoms with Crippen molar-refractivity contribution in [3.05, 3.63) is 46.9 Å². The van der Waals surface area contributed by atoms with Crippen LogP contribution in [0.25, 0.3) is 11.3 Å². The van der Waals surface area contributed by atoms with Crippen LogP contribution in [0.4, 0.5) is 5.13 Å². The number of aromatic nitrogens is 1. The molecule has 1 heterocycles. The highest BCUT2D eigenvalue weighted by molar-refractivity contribution is 7.16. The maximum Gasteiger partial charge on any atom is 0.307 e. The molecule has 5 nitrogen and oxygen atoms in total. The van der Waals surface area contributed by atoms with Crippen molar-refractivity contribution >= 4 is 28.3 Å². The highest BCUT2D eigenvalue weighted by Crippen LogP contribution is 2.33. The van der Waals surface area contributed by atoms with Crippen LogP contribution in [0.5, 0.6) is 0 Å². The van der Waals surface area contributed by atoms with Gasteiger partial charge >= 0.3 is 5.97 Å². The second kappa shape index (κ2) is 7.87. The minimum atomic E-state index is -0.931. The Bertz CT molecular complexity index is 907. The van der Waals surface area contributed by atoms with E-state index in [1.54, 1.807) is 0 Å². The molecule has 1 aliphatic rings. The first-order valence-electron chi connectivity index (χ1n) is 9.44. The Morgan fingerprint density at radius 2 is 1.71 bits per heavy atom. The van der Waals surface area contributed by atoms with Crippen molar-refractivity contribution in [2.75, 3.05) is 5.32 Å². The number of allylic oxidation sites excluding steroid dienone is 2. The molecular weight excluding hydrogens is 372 g/mol. The van der Waals surface area contributed by atoms with E-state index in [0.29, 0.717) is 18.0 Å². The molecule has 2 atom stereocenters. The molecule has 2 N–H and O–H groups in total. The van der Waals surface area contributed by atoms with Gasteiger partial charge < -0.3 is 10.4 Å². The average molecular weight is 399 g/mol. The van der Waals surface area contributed by atoms with Crippen LogP contribution in [0.3, 0.4) is 0 Å². The molecule has 0 fully saturated rings. The Labute approximate surface area is 169 Å². The van der Waals surface area contributed by atoms with E-state index in [1.807, 2.05) is 19.1 Å². The summed E-state index contributed by atoms with van der Waals surface area (Å²) in [6.45, 7) is 8.50. The number of amides is 1. The first-order valence-corrected chi connectivity index (χ1v) is 10.3. The van der Waals surface area contributed by atoms with E-state index in [2.05, 4.69) is 55.3 Å². The normalized spacial score (nSPS) is 19.4. The third-order valence-electron chi connectivity index (χ3n) is 5.14. The van der Waals surface area contributed by atoms with Crippen LogP contribution < -0.4 is 5.32 Å². The monoisotopic (exact) mass is 398 g/mol. The molecule has 6 heteroatoms. The third-order valence-corrected chi connectivity index (χ3v) is 6.02. The fourth-order valence-corrected chi connectivity index (χ4v) is 4.26. The van der Waals surface area contributed by atoms with Crippen molar-refractivity contribution < 1.29 is 14.7 Å². The van der Waals surface area contributed by atoms with Gasteiger partial charge in [0, 0.05) is 10.4 Å². The van der Waals surface area contributed by atoms with Crippen molar-refractivity contribution in [3.63, 3.8) is 0 Å². The summed E-state index contributed by atoms with van der Waals surface area (Å²) in [4.78, 5) is 29.7. The van der Waals surface area contributed by atoms with Crippen molar-refractivity contribution in [2.45, 2.75) is 46.0 Å². The minimum absolute atomic E-state index is 0.0872. The summed E-state index contributed by atoms with van der Waals surface area (Å²) in [7, 11) is 0. The lowest BCUT2D eigenvalue weighted by Gasteiger charge is -2.23. The predicted molar refractivity (Wildman–Crippen MR) is 113 cm³/mol. The van der Waals surface area contributed by atoms with Gasteiger partial charge in [0.25, 0.3) is 0 Å². The summed E-state index contributed by atoms with van der Waals surface area (Å²) in [5.41, 5.74) is 3.19. The molecule has 0 aliphatic heterocycles. The Morgan fingerprint density at radius 3 is 2.29 bits per heavy atom. The number of hydrogen-bond donors (Lipinski definition) is 2. The quantitative estimate of drug-likeness (QED) is 0.709. The number of anilines is 1. The van der Waals surface area contributed by atoms with Crippen LogP contribution in [0.2, 0.25) is 0 Å². The molecule has 2 aromatic rings. The third kappa shape index (κ3) is 4.33. The molecule has 1 aromatic carbocycles. The van der Waals surface area contributed by atoms with Crippen molar-refractivity contribution in [1.29, 1.82) is 0 Å². The predicted octanol–water partition coefficient (Wildman–Crippen LogP) is 5.02. The van der Waals surface area contributed by atoms with E-state index in [-0.39, 0.29) is 11.3 Å². The molecule has 148 valence electrons. The molecule has 1 aromatic heterocycles. The van der Waals surface area contributed by atoms with Crippen LogP contribution in [-0.2, 0) is 15.0 Å². The number of carboxylic acid groups (broad SMARTS) is 1. The molecule has 3 rings (SSSR count). The topological polar surface area (TPSA) is 79.3 Å². The highest BCUT2D eigenvalue weighted by Gasteiger charge is 2.34. The number of carbonyl (C=O) groups excluding carboxylic acids is 1. The number of carboxylic acids is 1. The maximum atomic E-state index is 12.7. The molecule has 0 spiro atoms. The smallest absolute Gasteiger partial charge is 0.307 e.